The van der Waals surface area contributed by atoms with Crippen molar-refractivity contribution in [3.63, 3.8) is 0 Å². The number of rotatable bonds is 4. The van der Waals surface area contributed by atoms with Crippen LogP contribution >= 0.6 is 0 Å². The van der Waals surface area contributed by atoms with Crippen molar-refractivity contribution < 1.29 is 19.0 Å². The fraction of sp³-hybridized carbons (Fsp3) is 0.588. The van der Waals surface area contributed by atoms with E-state index in [2.05, 4.69) is 5.32 Å². The molecule has 0 spiro atoms. The van der Waals surface area contributed by atoms with Crippen molar-refractivity contribution in [1.82, 2.24) is 5.32 Å². The van der Waals surface area contributed by atoms with Crippen LogP contribution < -0.4 is 20.5 Å². The lowest BCUT2D eigenvalue weighted by molar-refractivity contribution is -0.124. The van der Waals surface area contributed by atoms with E-state index in [-0.39, 0.29) is 11.8 Å². The maximum absolute atomic E-state index is 12.2. The molecule has 0 aliphatic carbocycles. The molecule has 126 valence electrons. The Kier molecular flexibility index (Phi) is 5.35. The summed E-state index contributed by atoms with van der Waals surface area (Å²) in [6, 6.07) is 5.27. The largest absolute Gasteiger partial charge is 0.490 e. The molecule has 1 amide bonds. The van der Waals surface area contributed by atoms with Gasteiger partial charge in [-0.3, -0.25) is 4.79 Å². The quantitative estimate of drug-likeness (QED) is 0.871. The van der Waals surface area contributed by atoms with Gasteiger partial charge in [0.2, 0.25) is 5.91 Å². The van der Waals surface area contributed by atoms with Gasteiger partial charge in [-0.2, -0.15) is 0 Å². The average Bonchev–Trinajstić information content (AvgIpc) is 2.84. The van der Waals surface area contributed by atoms with Gasteiger partial charge in [-0.15, -0.1) is 0 Å². The fourth-order valence-electron chi connectivity index (χ4n) is 2.91. The summed E-state index contributed by atoms with van der Waals surface area (Å²) in [7, 11) is 0. The molecule has 6 nitrogen and oxygen atoms in total. The van der Waals surface area contributed by atoms with Gasteiger partial charge in [0, 0.05) is 26.2 Å². The predicted molar refractivity (Wildman–Crippen MR) is 85.4 cm³/mol. The Morgan fingerprint density at radius 3 is 2.70 bits per heavy atom. The second-order valence-corrected chi connectivity index (χ2v) is 6.02. The highest BCUT2D eigenvalue weighted by molar-refractivity contribution is 5.81. The molecule has 2 aliphatic heterocycles. The van der Waals surface area contributed by atoms with E-state index in [1.165, 1.54) is 0 Å². The summed E-state index contributed by atoms with van der Waals surface area (Å²) in [5.74, 6) is 1.59. The zero-order valence-corrected chi connectivity index (χ0v) is 13.3. The predicted octanol–water partition coefficient (Wildman–Crippen LogP) is 1.22. The molecule has 1 fully saturated rings. The van der Waals surface area contributed by atoms with Crippen LogP contribution in [0.15, 0.2) is 18.2 Å². The van der Waals surface area contributed by atoms with Gasteiger partial charge in [-0.25, -0.2) is 0 Å². The van der Waals surface area contributed by atoms with Crippen molar-refractivity contribution in [1.29, 1.82) is 0 Å². The maximum Gasteiger partial charge on any atom is 0.237 e. The number of carbonyl (C=O) groups is 1. The summed E-state index contributed by atoms with van der Waals surface area (Å²) in [5.41, 5.74) is 7.05. The molecule has 1 aromatic carbocycles. The summed E-state index contributed by atoms with van der Waals surface area (Å²) in [6.45, 7) is 3.13. The van der Waals surface area contributed by atoms with E-state index in [0.717, 1.165) is 36.3 Å². The minimum Gasteiger partial charge on any atom is -0.490 e. The Hall–Kier alpha value is -1.79. The lowest BCUT2D eigenvalue weighted by atomic mass is 9.92. The second kappa shape index (κ2) is 7.66. The third kappa shape index (κ3) is 4.14. The van der Waals surface area contributed by atoms with Crippen LogP contribution in [0.4, 0.5) is 0 Å². The number of hydrogen-bond acceptors (Lipinski definition) is 5. The van der Waals surface area contributed by atoms with Crippen LogP contribution in [0.5, 0.6) is 11.5 Å². The summed E-state index contributed by atoms with van der Waals surface area (Å²) >= 11 is 0. The van der Waals surface area contributed by atoms with E-state index < -0.39 is 6.04 Å². The van der Waals surface area contributed by atoms with E-state index in [1.807, 2.05) is 18.2 Å². The maximum atomic E-state index is 12.2. The lowest BCUT2D eigenvalue weighted by Crippen LogP contribution is -2.46. The molecule has 0 radical (unpaired) electrons. The number of nitrogens with one attached hydrogen (secondary N) is 1. The Morgan fingerprint density at radius 2 is 1.91 bits per heavy atom. The smallest absolute Gasteiger partial charge is 0.237 e. The van der Waals surface area contributed by atoms with Crippen LogP contribution in [-0.4, -0.2) is 38.4 Å². The topological polar surface area (TPSA) is 82.8 Å². The van der Waals surface area contributed by atoms with Gasteiger partial charge in [0.05, 0.1) is 19.3 Å². The molecule has 6 heteroatoms. The number of hydrogen-bond donors (Lipinski definition) is 2. The number of fused-ring (bicyclic) bond motifs is 1. The van der Waals surface area contributed by atoms with Crippen LogP contribution in [0, 0.1) is 5.92 Å². The van der Waals surface area contributed by atoms with Crippen molar-refractivity contribution in [2.45, 2.75) is 31.8 Å². The first kappa shape index (κ1) is 16.1. The highest BCUT2D eigenvalue weighted by atomic mass is 16.5. The normalized spacial score (nSPS) is 19.7. The van der Waals surface area contributed by atoms with E-state index in [4.69, 9.17) is 19.9 Å². The highest BCUT2D eigenvalue weighted by Crippen LogP contribution is 2.30. The van der Waals surface area contributed by atoms with Crippen molar-refractivity contribution in [3.8, 4) is 11.5 Å². The van der Waals surface area contributed by atoms with E-state index >= 15 is 0 Å². The molecule has 3 rings (SSSR count). The van der Waals surface area contributed by atoms with E-state index in [9.17, 15) is 4.79 Å². The minimum atomic E-state index is -0.473. The first-order valence-corrected chi connectivity index (χ1v) is 8.23. The molecular weight excluding hydrogens is 296 g/mol. The SMILES string of the molecule is NC(C(=O)NCc1ccc2c(c1)OCCCO2)C1CCOCC1. The molecule has 1 atom stereocenters. The van der Waals surface area contributed by atoms with Crippen LogP contribution in [0.2, 0.25) is 0 Å². The molecule has 1 saturated heterocycles. The first-order valence-electron chi connectivity index (χ1n) is 8.23. The summed E-state index contributed by atoms with van der Waals surface area (Å²) in [5, 5.41) is 2.92. The second-order valence-electron chi connectivity index (χ2n) is 6.02. The molecule has 2 heterocycles. The first-order chi connectivity index (χ1) is 11.2. The number of amides is 1. The van der Waals surface area contributed by atoms with Crippen LogP contribution in [-0.2, 0) is 16.1 Å². The van der Waals surface area contributed by atoms with Gasteiger partial charge in [0.1, 0.15) is 0 Å². The summed E-state index contributed by atoms with van der Waals surface area (Å²) in [4.78, 5) is 12.2. The third-order valence-electron chi connectivity index (χ3n) is 4.36. The zero-order valence-electron chi connectivity index (χ0n) is 13.3. The molecule has 3 N–H and O–H groups in total. The van der Waals surface area contributed by atoms with E-state index in [0.29, 0.717) is 33.0 Å². The summed E-state index contributed by atoms with van der Waals surface area (Å²) in [6.07, 6.45) is 2.57. The molecule has 1 unspecified atom stereocenters. The Bertz CT molecular complexity index is 543. The van der Waals surface area contributed by atoms with Crippen molar-refractivity contribution in [2.24, 2.45) is 11.7 Å². The number of carbonyl (C=O) groups excluding carboxylic acids is 1. The molecule has 1 aromatic rings. The van der Waals surface area contributed by atoms with Gasteiger partial charge in [0.25, 0.3) is 0 Å². The standard InChI is InChI=1S/C17H24N2O4/c18-16(13-4-8-21-9-5-13)17(20)19-11-12-2-3-14-15(10-12)23-7-1-6-22-14/h2-3,10,13,16H,1,4-9,11,18H2,(H,19,20). The van der Waals surface area contributed by atoms with E-state index in [1.54, 1.807) is 0 Å². The summed E-state index contributed by atoms with van der Waals surface area (Å²) < 4.78 is 16.6. The molecule has 0 aromatic heterocycles. The molecule has 0 bridgehead atoms. The Balaban J connectivity index is 1.55. The lowest BCUT2D eigenvalue weighted by Gasteiger charge is -2.26. The zero-order chi connectivity index (χ0) is 16.1. The monoisotopic (exact) mass is 320 g/mol. The van der Waals surface area contributed by atoms with Gasteiger partial charge in [-0.1, -0.05) is 6.07 Å². The highest BCUT2D eigenvalue weighted by Gasteiger charge is 2.26. The van der Waals surface area contributed by atoms with Gasteiger partial charge < -0.3 is 25.3 Å². The fourth-order valence-corrected chi connectivity index (χ4v) is 2.91. The van der Waals surface area contributed by atoms with Gasteiger partial charge >= 0.3 is 0 Å². The van der Waals surface area contributed by atoms with Crippen molar-refractivity contribution >= 4 is 5.91 Å². The third-order valence-corrected chi connectivity index (χ3v) is 4.36. The average molecular weight is 320 g/mol. The van der Waals surface area contributed by atoms with Gasteiger partial charge in [0.15, 0.2) is 11.5 Å². The minimum absolute atomic E-state index is 0.107. The Morgan fingerprint density at radius 1 is 1.17 bits per heavy atom. The van der Waals surface area contributed by atoms with Gasteiger partial charge in [-0.05, 0) is 36.5 Å². The number of nitrogens with two attached hydrogens (primary N) is 1. The number of ether oxygens (including phenoxy) is 3. The molecule has 23 heavy (non-hydrogen) atoms. The van der Waals surface area contributed by atoms with Crippen LogP contribution in [0.1, 0.15) is 24.8 Å². The number of benzene rings is 1. The molecular formula is C17H24N2O4. The van der Waals surface area contributed by atoms with Crippen molar-refractivity contribution in [2.75, 3.05) is 26.4 Å². The molecule has 0 saturated carbocycles. The molecule has 2 aliphatic rings. The Labute approximate surface area is 136 Å². The van der Waals surface area contributed by atoms with Crippen LogP contribution in [0.3, 0.4) is 0 Å². The van der Waals surface area contributed by atoms with Crippen molar-refractivity contribution in [3.05, 3.63) is 23.8 Å². The van der Waals surface area contributed by atoms with Crippen LogP contribution in [0.25, 0.3) is 0 Å².